The van der Waals surface area contributed by atoms with E-state index >= 15 is 0 Å². The summed E-state index contributed by atoms with van der Waals surface area (Å²) in [6.45, 7) is 24.9. The van der Waals surface area contributed by atoms with Crippen molar-refractivity contribution in [3.8, 4) is 0 Å². The van der Waals surface area contributed by atoms with E-state index in [9.17, 15) is 9.59 Å². The van der Waals surface area contributed by atoms with Crippen molar-refractivity contribution in [3.05, 3.63) is 23.3 Å². The minimum Gasteiger partial charge on any atom is -0.462 e. The number of hydrogen-bond acceptors (Lipinski definition) is 6. The van der Waals surface area contributed by atoms with E-state index in [4.69, 9.17) is 41.5 Å². The van der Waals surface area contributed by atoms with Crippen molar-refractivity contribution >= 4 is 51.8 Å². The zero-order chi connectivity index (χ0) is 31.6. The van der Waals surface area contributed by atoms with Crippen LogP contribution in [-0.4, -0.2) is 63.7 Å². The van der Waals surface area contributed by atoms with Crippen LogP contribution >= 0.6 is 23.2 Å². The van der Waals surface area contributed by atoms with Crippen molar-refractivity contribution in [3.63, 3.8) is 0 Å². The van der Waals surface area contributed by atoms with Gasteiger partial charge in [-0.1, -0.05) is 64.8 Å². The smallest absolute Gasteiger partial charge is 0.302 e. The molecule has 41 heavy (non-hydrogen) atoms. The molecule has 0 amide bonds. The van der Waals surface area contributed by atoms with Gasteiger partial charge in [0.05, 0.1) is 23.0 Å². The molecule has 0 radical (unpaired) electrons. The summed E-state index contributed by atoms with van der Waals surface area (Å²) in [6, 6.07) is 0. The molecule has 2 aliphatic carbocycles. The third-order valence-corrected chi connectivity index (χ3v) is 18.9. The highest BCUT2D eigenvalue weighted by atomic mass is 35.5. The number of ether oxygens (including phenoxy) is 2. The SMILES string of the molecule is CC(=O)O[C@@H]1CC(CC2=C[C@@H](Cl)[C@@H](O[Si](C)(C)C(C)(C)C)C[C@@H](OC(C)=O)C2)=C[C@H](Cl)[C@H](O[Si](C)(C)C(C)(C)C)C1. The van der Waals surface area contributed by atoms with E-state index in [-0.39, 0.29) is 57.2 Å². The van der Waals surface area contributed by atoms with Gasteiger partial charge in [-0.3, -0.25) is 9.59 Å². The molecule has 6 atom stereocenters. The van der Waals surface area contributed by atoms with Crippen LogP contribution in [0.2, 0.25) is 36.3 Å². The molecule has 0 saturated heterocycles. The molecule has 0 aromatic carbocycles. The molecule has 0 heterocycles. The highest BCUT2D eigenvalue weighted by molar-refractivity contribution is 6.74. The lowest BCUT2D eigenvalue weighted by Gasteiger charge is -2.40. The van der Waals surface area contributed by atoms with Gasteiger partial charge in [0.1, 0.15) is 12.2 Å². The Labute approximate surface area is 261 Å². The Bertz CT molecular complexity index is 918. The molecule has 0 aromatic heterocycles. The molecule has 0 aliphatic heterocycles. The first-order chi connectivity index (χ1) is 18.5. The molecule has 0 aromatic rings. The number of hydrogen-bond donors (Lipinski definition) is 0. The van der Waals surface area contributed by atoms with Gasteiger partial charge in [-0.15, -0.1) is 23.2 Å². The van der Waals surface area contributed by atoms with Gasteiger partial charge in [0.25, 0.3) is 0 Å². The van der Waals surface area contributed by atoms with Crippen LogP contribution in [0.15, 0.2) is 23.3 Å². The summed E-state index contributed by atoms with van der Waals surface area (Å²) in [4.78, 5) is 24.0. The van der Waals surface area contributed by atoms with Gasteiger partial charge in [-0.2, -0.15) is 0 Å². The van der Waals surface area contributed by atoms with Crippen LogP contribution < -0.4 is 0 Å². The average Bonchev–Trinajstić information content (AvgIpc) is 2.96. The molecule has 0 N–H and O–H groups in total. The van der Waals surface area contributed by atoms with Crippen molar-refractivity contribution in [1.82, 2.24) is 0 Å². The second-order valence-electron chi connectivity index (χ2n) is 14.9. The molecule has 2 aliphatic rings. The first-order valence-corrected chi connectivity index (χ1v) is 21.6. The van der Waals surface area contributed by atoms with Gasteiger partial charge in [0, 0.05) is 39.5 Å². The fraction of sp³-hybridized carbons (Fsp3) is 0.806. The predicted molar refractivity (Wildman–Crippen MR) is 174 cm³/mol. The highest BCUT2D eigenvalue weighted by Gasteiger charge is 2.43. The van der Waals surface area contributed by atoms with E-state index < -0.39 is 16.6 Å². The number of esters is 2. The summed E-state index contributed by atoms with van der Waals surface area (Å²) in [7, 11) is -4.23. The van der Waals surface area contributed by atoms with E-state index in [2.05, 4.69) is 79.9 Å². The number of carbonyl (C=O) groups is 2. The van der Waals surface area contributed by atoms with E-state index in [1.165, 1.54) is 13.8 Å². The van der Waals surface area contributed by atoms with Crippen molar-refractivity contribution in [2.75, 3.05) is 0 Å². The van der Waals surface area contributed by atoms with Crippen LogP contribution in [0.1, 0.15) is 87.5 Å². The first kappa shape index (κ1) is 36.5. The number of carbonyl (C=O) groups excluding carboxylic acids is 2. The summed E-state index contributed by atoms with van der Waals surface area (Å²) in [5.74, 6) is -0.632. The number of alkyl halides is 2. The van der Waals surface area contributed by atoms with Crippen LogP contribution in [0.3, 0.4) is 0 Å². The molecule has 6 nitrogen and oxygen atoms in total. The van der Waals surface area contributed by atoms with Crippen LogP contribution in [0.25, 0.3) is 0 Å². The lowest BCUT2D eigenvalue weighted by Crippen LogP contribution is -2.46. The Morgan fingerprint density at radius 3 is 1.32 bits per heavy atom. The average molecular weight is 650 g/mol. The Morgan fingerprint density at radius 2 is 1.05 bits per heavy atom. The maximum absolute atomic E-state index is 12.0. The van der Waals surface area contributed by atoms with Crippen LogP contribution in [0.4, 0.5) is 0 Å². The number of halogens is 2. The third-order valence-electron chi connectivity index (χ3n) is 9.09. The maximum Gasteiger partial charge on any atom is 0.302 e. The Balaban J connectivity index is 2.38. The summed E-state index contributed by atoms with van der Waals surface area (Å²) < 4.78 is 25.0. The van der Waals surface area contributed by atoms with E-state index in [1.54, 1.807) is 0 Å². The summed E-state index contributed by atoms with van der Waals surface area (Å²) in [5, 5.41) is -0.683. The Morgan fingerprint density at radius 1 is 0.732 bits per heavy atom. The molecule has 0 bridgehead atoms. The van der Waals surface area contributed by atoms with Crippen LogP contribution in [0, 0.1) is 0 Å². The predicted octanol–water partition coefficient (Wildman–Crippen LogP) is 8.68. The van der Waals surface area contributed by atoms with Gasteiger partial charge in [0.2, 0.25) is 0 Å². The second-order valence-corrected chi connectivity index (χ2v) is 25.4. The highest BCUT2D eigenvalue weighted by Crippen LogP contribution is 2.42. The second kappa shape index (κ2) is 14.0. The molecule has 0 unspecified atom stereocenters. The largest absolute Gasteiger partial charge is 0.462 e. The summed E-state index contributed by atoms with van der Waals surface area (Å²) >= 11 is 14.0. The van der Waals surface area contributed by atoms with Crippen molar-refractivity contribution in [2.45, 2.75) is 159 Å². The molecule has 0 saturated carbocycles. The van der Waals surface area contributed by atoms with Gasteiger partial charge in [-0.25, -0.2) is 0 Å². The normalized spacial score (nSPS) is 28.6. The number of rotatable bonds is 8. The van der Waals surface area contributed by atoms with Gasteiger partial charge in [-0.05, 0) is 42.7 Å². The lowest BCUT2D eigenvalue weighted by molar-refractivity contribution is -0.148. The standard InChI is InChI=1S/C31H54Cl2O6Si2/c1-20(34)36-24-14-22(16-26(32)28(18-24)38-40(9,10)30(3,4)5)13-23-15-25(37-21(2)35)19-29(27(33)17-23)39-41(11,12)31(6,7)8/h16-17,24-29H,13-15,18-19H2,1-12H3/t24-,25+,26+,27-,28-,29+. The minimum atomic E-state index is -2.11. The van der Waals surface area contributed by atoms with Crippen LogP contribution in [-0.2, 0) is 27.9 Å². The first-order valence-electron chi connectivity index (χ1n) is 14.9. The molecule has 10 heteroatoms. The van der Waals surface area contributed by atoms with Crippen molar-refractivity contribution in [1.29, 1.82) is 0 Å². The fourth-order valence-corrected chi connectivity index (χ4v) is 8.41. The monoisotopic (exact) mass is 648 g/mol. The molecule has 2 rings (SSSR count). The lowest BCUT2D eigenvalue weighted by atomic mass is 9.96. The molecular weight excluding hydrogens is 595 g/mol. The van der Waals surface area contributed by atoms with Crippen molar-refractivity contribution < 1.29 is 27.9 Å². The van der Waals surface area contributed by atoms with Crippen LogP contribution in [0.5, 0.6) is 0 Å². The van der Waals surface area contributed by atoms with E-state index in [0.29, 0.717) is 32.1 Å². The van der Waals surface area contributed by atoms with Gasteiger partial charge < -0.3 is 18.3 Å². The van der Waals surface area contributed by atoms with Gasteiger partial charge in [0.15, 0.2) is 16.6 Å². The molecule has 236 valence electrons. The summed E-state index contributed by atoms with van der Waals surface area (Å²) in [5.41, 5.74) is 2.14. The maximum atomic E-state index is 12.0. The molecular formula is C31H54Cl2O6Si2. The zero-order valence-electron chi connectivity index (χ0n) is 27.4. The zero-order valence-corrected chi connectivity index (χ0v) is 30.9. The van der Waals surface area contributed by atoms with Gasteiger partial charge >= 0.3 is 11.9 Å². The third kappa shape index (κ3) is 10.8. The van der Waals surface area contributed by atoms with E-state index in [1.807, 2.05) is 0 Å². The Hall–Kier alpha value is -0.646. The molecule has 0 spiro atoms. The Kier molecular flexibility index (Phi) is 12.5. The van der Waals surface area contributed by atoms with Crippen molar-refractivity contribution in [2.24, 2.45) is 0 Å². The topological polar surface area (TPSA) is 71.1 Å². The molecule has 0 fully saturated rings. The summed E-state index contributed by atoms with van der Waals surface area (Å²) in [6.07, 6.45) is 5.74. The van der Waals surface area contributed by atoms with E-state index in [0.717, 1.165) is 11.1 Å². The fourth-order valence-electron chi connectivity index (χ4n) is 4.87. The quantitative estimate of drug-likeness (QED) is 0.113. The minimum absolute atomic E-state index is 0.0225.